The van der Waals surface area contributed by atoms with Gasteiger partial charge < -0.3 is 9.73 Å². The van der Waals surface area contributed by atoms with Crippen LogP contribution >= 0.6 is 11.3 Å². The smallest absolute Gasteiger partial charge is 0.260 e. The third kappa shape index (κ3) is 4.15. The van der Waals surface area contributed by atoms with Gasteiger partial charge in [0.1, 0.15) is 11.6 Å². The fourth-order valence-electron chi connectivity index (χ4n) is 2.32. The molecule has 134 valence electrons. The second-order valence-electron chi connectivity index (χ2n) is 5.67. The number of hydrogen-bond acceptors (Lipinski definition) is 5. The number of nitrogens with one attached hydrogen (secondary N) is 2. The summed E-state index contributed by atoms with van der Waals surface area (Å²) < 4.78 is 18.4. The Labute approximate surface area is 153 Å². The third-order valence-corrected chi connectivity index (χ3v) is 4.50. The molecule has 0 aliphatic carbocycles. The van der Waals surface area contributed by atoms with Crippen LogP contribution < -0.4 is 10.6 Å². The highest BCUT2D eigenvalue weighted by Crippen LogP contribution is 2.20. The van der Waals surface area contributed by atoms with Crippen molar-refractivity contribution in [3.8, 4) is 0 Å². The number of halogens is 1. The molecule has 0 bridgehead atoms. The van der Waals surface area contributed by atoms with Crippen LogP contribution in [0.15, 0.2) is 40.3 Å². The van der Waals surface area contributed by atoms with Crippen molar-refractivity contribution in [2.24, 2.45) is 0 Å². The summed E-state index contributed by atoms with van der Waals surface area (Å²) in [7, 11) is 0. The lowest BCUT2D eigenvalue weighted by Gasteiger charge is -2.07. The zero-order valence-electron chi connectivity index (χ0n) is 14.1. The Bertz CT molecular complexity index is 964. The van der Waals surface area contributed by atoms with Crippen molar-refractivity contribution in [3.05, 3.63) is 64.3 Å². The molecule has 3 rings (SSSR count). The lowest BCUT2D eigenvalue weighted by atomic mass is 10.2. The van der Waals surface area contributed by atoms with Crippen LogP contribution in [0.4, 0.5) is 15.2 Å². The number of benzene rings is 1. The molecular formula is C18H16FN3O3S. The summed E-state index contributed by atoms with van der Waals surface area (Å²) in [6, 6.07) is 5.78. The van der Waals surface area contributed by atoms with E-state index in [0.717, 1.165) is 5.56 Å². The predicted molar refractivity (Wildman–Crippen MR) is 97.0 cm³/mol. The molecule has 0 radical (unpaired) electrons. The normalized spacial score (nSPS) is 10.6. The summed E-state index contributed by atoms with van der Waals surface area (Å²) in [6.07, 6.45) is 1.46. The molecule has 3 aromatic rings. The maximum atomic E-state index is 13.3. The molecule has 0 saturated heterocycles. The zero-order valence-corrected chi connectivity index (χ0v) is 14.9. The van der Waals surface area contributed by atoms with E-state index in [9.17, 15) is 14.0 Å². The van der Waals surface area contributed by atoms with E-state index in [4.69, 9.17) is 4.42 Å². The van der Waals surface area contributed by atoms with E-state index >= 15 is 0 Å². The summed E-state index contributed by atoms with van der Waals surface area (Å²) in [5, 5.41) is 7.42. The highest BCUT2D eigenvalue weighted by atomic mass is 32.1. The van der Waals surface area contributed by atoms with Gasteiger partial charge in [-0.15, -0.1) is 11.3 Å². The second kappa shape index (κ2) is 7.49. The van der Waals surface area contributed by atoms with Crippen LogP contribution in [0.25, 0.3) is 0 Å². The van der Waals surface area contributed by atoms with Gasteiger partial charge in [0.15, 0.2) is 5.13 Å². The number of aryl methyl sites for hydroxylation is 2. The molecule has 0 aliphatic rings. The van der Waals surface area contributed by atoms with Gasteiger partial charge in [-0.25, -0.2) is 9.37 Å². The monoisotopic (exact) mass is 373 g/mol. The lowest BCUT2D eigenvalue weighted by Crippen LogP contribution is -2.16. The van der Waals surface area contributed by atoms with E-state index in [2.05, 4.69) is 15.6 Å². The van der Waals surface area contributed by atoms with Gasteiger partial charge in [-0.1, -0.05) is 6.07 Å². The number of rotatable bonds is 5. The largest absolute Gasteiger partial charge is 0.469 e. The molecule has 8 heteroatoms. The SMILES string of the molecule is Cc1ccc(F)cc1NC(=O)Cc1csc(NC(=O)c2ccoc2C)n1. The first-order chi connectivity index (χ1) is 12.4. The van der Waals surface area contributed by atoms with E-state index in [0.29, 0.717) is 27.8 Å². The number of furan rings is 1. The van der Waals surface area contributed by atoms with E-state index in [1.807, 2.05) is 0 Å². The molecule has 0 spiro atoms. The number of nitrogens with zero attached hydrogens (tertiary/aromatic N) is 1. The quantitative estimate of drug-likeness (QED) is 0.710. The summed E-state index contributed by atoms with van der Waals surface area (Å²) in [5.41, 5.74) is 2.14. The van der Waals surface area contributed by atoms with Crippen LogP contribution in [0.2, 0.25) is 0 Å². The van der Waals surface area contributed by atoms with Gasteiger partial charge in [-0.2, -0.15) is 0 Å². The first-order valence-electron chi connectivity index (χ1n) is 7.78. The summed E-state index contributed by atoms with van der Waals surface area (Å²) in [4.78, 5) is 28.5. The Hall–Kier alpha value is -3.00. The highest BCUT2D eigenvalue weighted by molar-refractivity contribution is 7.14. The molecule has 26 heavy (non-hydrogen) atoms. The number of thiazole rings is 1. The van der Waals surface area contributed by atoms with Gasteiger partial charge >= 0.3 is 0 Å². The van der Waals surface area contributed by atoms with Crippen molar-refractivity contribution in [3.63, 3.8) is 0 Å². The minimum absolute atomic E-state index is 0.0209. The average Bonchev–Trinajstić information content (AvgIpc) is 3.19. The van der Waals surface area contributed by atoms with Crippen molar-refractivity contribution in [2.75, 3.05) is 10.6 Å². The fraction of sp³-hybridized carbons (Fsp3) is 0.167. The Kier molecular flexibility index (Phi) is 5.13. The van der Waals surface area contributed by atoms with Gasteiger partial charge in [-0.05, 0) is 37.6 Å². The van der Waals surface area contributed by atoms with Crippen molar-refractivity contribution in [1.29, 1.82) is 0 Å². The molecule has 0 fully saturated rings. The first kappa shape index (κ1) is 17.8. The number of carbonyl (C=O) groups is 2. The second-order valence-corrected chi connectivity index (χ2v) is 6.53. The van der Waals surface area contributed by atoms with E-state index in [1.165, 1.54) is 29.7 Å². The van der Waals surface area contributed by atoms with Crippen LogP contribution in [0.5, 0.6) is 0 Å². The minimum Gasteiger partial charge on any atom is -0.469 e. The molecule has 0 unspecified atom stereocenters. The molecule has 2 N–H and O–H groups in total. The van der Waals surface area contributed by atoms with E-state index < -0.39 is 5.82 Å². The summed E-state index contributed by atoms with van der Waals surface area (Å²) in [6.45, 7) is 3.48. The Morgan fingerprint density at radius 1 is 1.23 bits per heavy atom. The van der Waals surface area contributed by atoms with E-state index in [-0.39, 0.29) is 18.2 Å². The molecule has 0 atom stereocenters. The molecule has 1 aromatic carbocycles. The number of aromatic nitrogens is 1. The van der Waals surface area contributed by atoms with Gasteiger partial charge in [-0.3, -0.25) is 14.9 Å². The van der Waals surface area contributed by atoms with Crippen molar-refractivity contribution < 1.29 is 18.4 Å². The van der Waals surface area contributed by atoms with Gasteiger partial charge in [0.25, 0.3) is 5.91 Å². The van der Waals surface area contributed by atoms with Crippen LogP contribution in [-0.2, 0) is 11.2 Å². The lowest BCUT2D eigenvalue weighted by molar-refractivity contribution is -0.115. The Morgan fingerprint density at radius 2 is 2.04 bits per heavy atom. The molecule has 2 amide bonds. The minimum atomic E-state index is -0.418. The van der Waals surface area contributed by atoms with Crippen LogP contribution in [0, 0.1) is 19.7 Å². The van der Waals surface area contributed by atoms with Crippen LogP contribution in [0.1, 0.15) is 27.4 Å². The van der Waals surface area contributed by atoms with Crippen molar-refractivity contribution >= 4 is 34.0 Å². The highest BCUT2D eigenvalue weighted by Gasteiger charge is 2.15. The Balaban J connectivity index is 1.61. The van der Waals surface area contributed by atoms with Crippen molar-refractivity contribution in [1.82, 2.24) is 4.98 Å². The molecule has 0 saturated carbocycles. The molecule has 6 nitrogen and oxygen atoms in total. The van der Waals surface area contributed by atoms with Gasteiger partial charge in [0.05, 0.1) is 23.9 Å². The molecular weight excluding hydrogens is 357 g/mol. The van der Waals surface area contributed by atoms with E-state index in [1.54, 1.807) is 31.4 Å². The fourth-order valence-corrected chi connectivity index (χ4v) is 3.02. The summed E-state index contributed by atoms with van der Waals surface area (Å²) in [5.74, 6) is -0.534. The molecule has 0 aliphatic heterocycles. The predicted octanol–water partition coefficient (Wildman–Crippen LogP) is 3.93. The maximum Gasteiger partial charge on any atom is 0.260 e. The summed E-state index contributed by atoms with van der Waals surface area (Å²) >= 11 is 1.22. The molecule has 2 aromatic heterocycles. The van der Waals surface area contributed by atoms with Crippen LogP contribution in [0.3, 0.4) is 0 Å². The number of hydrogen-bond donors (Lipinski definition) is 2. The standard InChI is InChI=1S/C18H16FN3O3S/c1-10-3-4-12(19)7-15(10)21-16(23)8-13-9-26-18(20-13)22-17(24)14-5-6-25-11(14)2/h3-7,9H,8H2,1-2H3,(H,21,23)(H,20,22,24). The zero-order chi connectivity index (χ0) is 18.7. The van der Waals surface area contributed by atoms with Gasteiger partial charge in [0.2, 0.25) is 5.91 Å². The topological polar surface area (TPSA) is 84.2 Å². The third-order valence-electron chi connectivity index (χ3n) is 3.69. The Morgan fingerprint density at radius 3 is 2.77 bits per heavy atom. The number of anilines is 2. The number of carbonyl (C=O) groups excluding carboxylic acids is 2. The first-order valence-corrected chi connectivity index (χ1v) is 8.66. The molecule has 2 heterocycles. The van der Waals surface area contributed by atoms with Crippen LogP contribution in [-0.4, -0.2) is 16.8 Å². The number of amides is 2. The maximum absolute atomic E-state index is 13.3. The van der Waals surface area contributed by atoms with Crippen molar-refractivity contribution in [2.45, 2.75) is 20.3 Å². The van der Waals surface area contributed by atoms with Gasteiger partial charge in [0, 0.05) is 11.1 Å². The average molecular weight is 373 g/mol.